The average Bonchev–Trinajstić information content (AvgIpc) is 2.59. The van der Waals surface area contributed by atoms with Crippen LogP contribution in [0.2, 0.25) is 0 Å². The van der Waals surface area contributed by atoms with Crippen molar-refractivity contribution in [3.63, 3.8) is 0 Å². The van der Waals surface area contributed by atoms with Gasteiger partial charge in [-0.1, -0.05) is 24.3 Å². The molecule has 2 aromatic rings. The third kappa shape index (κ3) is 4.87. The number of hydrogen-bond donors (Lipinski definition) is 2. The van der Waals surface area contributed by atoms with Crippen molar-refractivity contribution in [1.29, 1.82) is 0 Å². The fraction of sp³-hybridized carbons (Fsp3) is 0.263. The van der Waals surface area contributed by atoms with Gasteiger partial charge in [0.15, 0.2) is 0 Å². The smallest absolute Gasteiger partial charge is 0.251 e. The van der Waals surface area contributed by atoms with Crippen LogP contribution >= 0.6 is 0 Å². The Labute approximate surface area is 146 Å². The molecule has 132 valence electrons. The first-order valence-electron chi connectivity index (χ1n) is 7.93. The molecule has 0 fully saturated rings. The van der Waals surface area contributed by atoms with E-state index in [1.807, 2.05) is 0 Å². The second kappa shape index (κ2) is 8.39. The highest BCUT2D eigenvalue weighted by molar-refractivity contribution is 5.93. The summed E-state index contributed by atoms with van der Waals surface area (Å²) in [5, 5.41) is 5.41. The molecule has 0 radical (unpaired) electrons. The molecule has 0 aliphatic heterocycles. The molecule has 0 aromatic heterocycles. The lowest BCUT2D eigenvalue weighted by Gasteiger charge is -2.24. The van der Waals surface area contributed by atoms with Crippen LogP contribution in [0, 0.1) is 5.82 Å². The number of nitrogens with zero attached hydrogens (tertiary/aromatic N) is 1. The number of likely N-dealkylation sites (N-methyl/N-ethyl adjacent to an activating group) is 1. The lowest BCUT2D eigenvalue weighted by Crippen LogP contribution is -2.36. The lowest BCUT2D eigenvalue weighted by molar-refractivity contribution is -0.125. The van der Waals surface area contributed by atoms with Gasteiger partial charge in [-0.2, -0.15) is 0 Å². The normalized spacial score (nSPS) is 11.9. The van der Waals surface area contributed by atoms with Crippen molar-refractivity contribution in [2.24, 2.45) is 0 Å². The number of hydrogen-bond acceptors (Lipinski definition) is 3. The Morgan fingerprint density at radius 1 is 1.12 bits per heavy atom. The molecule has 0 saturated carbocycles. The van der Waals surface area contributed by atoms with Crippen molar-refractivity contribution in [3.05, 3.63) is 71.0 Å². The Morgan fingerprint density at radius 2 is 1.80 bits per heavy atom. The van der Waals surface area contributed by atoms with Crippen LogP contribution in [0.1, 0.15) is 27.5 Å². The average molecular weight is 343 g/mol. The van der Waals surface area contributed by atoms with Gasteiger partial charge in [-0.05, 0) is 49.5 Å². The van der Waals surface area contributed by atoms with Gasteiger partial charge in [-0.3, -0.25) is 14.5 Å². The Morgan fingerprint density at radius 3 is 2.36 bits per heavy atom. The molecule has 0 saturated heterocycles. The number of halogens is 1. The highest BCUT2D eigenvalue weighted by atomic mass is 19.1. The SMILES string of the molecule is CNC(=O)c1ccc(CNC(=O)[C@H](c2cccc(F)c2)N(C)C)cc1. The number of nitrogens with one attached hydrogen (secondary N) is 2. The van der Waals surface area contributed by atoms with Crippen LogP contribution in [-0.2, 0) is 11.3 Å². The van der Waals surface area contributed by atoms with Crippen LogP contribution in [0.3, 0.4) is 0 Å². The van der Waals surface area contributed by atoms with E-state index < -0.39 is 6.04 Å². The molecule has 0 spiro atoms. The predicted molar refractivity (Wildman–Crippen MR) is 94.5 cm³/mol. The number of benzene rings is 2. The maximum atomic E-state index is 13.5. The van der Waals surface area contributed by atoms with Gasteiger partial charge in [-0.25, -0.2) is 4.39 Å². The second-order valence-corrected chi connectivity index (χ2v) is 5.92. The van der Waals surface area contributed by atoms with E-state index in [9.17, 15) is 14.0 Å². The van der Waals surface area contributed by atoms with Crippen LogP contribution in [0.25, 0.3) is 0 Å². The van der Waals surface area contributed by atoms with E-state index in [1.165, 1.54) is 12.1 Å². The summed E-state index contributed by atoms with van der Waals surface area (Å²) in [6.07, 6.45) is 0. The van der Waals surface area contributed by atoms with Gasteiger partial charge in [0.1, 0.15) is 11.9 Å². The summed E-state index contributed by atoms with van der Waals surface area (Å²) in [6, 6.07) is 12.4. The molecule has 0 aliphatic carbocycles. The number of rotatable bonds is 6. The van der Waals surface area contributed by atoms with Crippen molar-refractivity contribution < 1.29 is 14.0 Å². The van der Waals surface area contributed by atoms with Crippen LogP contribution in [0.4, 0.5) is 4.39 Å². The Hall–Kier alpha value is -2.73. The third-order valence-electron chi connectivity index (χ3n) is 3.84. The van der Waals surface area contributed by atoms with Crippen molar-refractivity contribution in [3.8, 4) is 0 Å². The van der Waals surface area contributed by atoms with Crippen LogP contribution in [0.15, 0.2) is 48.5 Å². The predicted octanol–water partition coefficient (Wildman–Crippen LogP) is 2.10. The van der Waals surface area contributed by atoms with E-state index in [-0.39, 0.29) is 17.6 Å². The summed E-state index contributed by atoms with van der Waals surface area (Å²) in [7, 11) is 5.12. The van der Waals surface area contributed by atoms with Crippen molar-refractivity contribution >= 4 is 11.8 Å². The van der Waals surface area contributed by atoms with E-state index in [4.69, 9.17) is 0 Å². The van der Waals surface area contributed by atoms with Crippen LogP contribution < -0.4 is 10.6 Å². The van der Waals surface area contributed by atoms with Gasteiger partial charge in [-0.15, -0.1) is 0 Å². The molecular formula is C19H22FN3O2. The quantitative estimate of drug-likeness (QED) is 0.844. The van der Waals surface area contributed by atoms with E-state index in [0.717, 1.165) is 5.56 Å². The molecule has 0 heterocycles. The van der Waals surface area contributed by atoms with E-state index in [1.54, 1.807) is 62.4 Å². The summed E-state index contributed by atoms with van der Waals surface area (Å²) < 4.78 is 13.5. The Kier molecular flexibility index (Phi) is 6.25. The number of carbonyl (C=O) groups excluding carboxylic acids is 2. The second-order valence-electron chi connectivity index (χ2n) is 5.92. The highest BCUT2D eigenvalue weighted by Gasteiger charge is 2.23. The third-order valence-corrected chi connectivity index (χ3v) is 3.84. The first-order chi connectivity index (χ1) is 11.9. The van der Waals surface area contributed by atoms with E-state index >= 15 is 0 Å². The van der Waals surface area contributed by atoms with Gasteiger partial charge in [0.2, 0.25) is 5.91 Å². The topological polar surface area (TPSA) is 61.4 Å². The van der Waals surface area contributed by atoms with Crippen LogP contribution in [0.5, 0.6) is 0 Å². The standard InChI is InChI=1S/C19H22FN3O2/c1-21-18(24)14-9-7-13(8-10-14)12-22-19(25)17(23(2)3)15-5-4-6-16(20)11-15/h4-11,17H,12H2,1-3H3,(H,21,24)(H,22,25)/t17-/m0/s1. The zero-order valence-corrected chi connectivity index (χ0v) is 14.5. The summed E-state index contributed by atoms with van der Waals surface area (Å²) in [5.41, 5.74) is 2.03. The molecule has 0 unspecified atom stereocenters. The van der Waals surface area contributed by atoms with Gasteiger partial charge in [0.05, 0.1) is 0 Å². The monoisotopic (exact) mass is 343 g/mol. The van der Waals surface area contributed by atoms with Crippen molar-refractivity contribution in [2.45, 2.75) is 12.6 Å². The summed E-state index contributed by atoms with van der Waals surface area (Å²) in [4.78, 5) is 25.8. The molecule has 5 nitrogen and oxygen atoms in total. The summed E-state index contributed by atoms with van der Waals surface area (Å²) >= 11 is 0. The molecule has 0 bridgehead atoms. The number of amides is 2. The minimum absolute atomic E-state index is 0.158. The Bertz CT molecular complexity index is 745. The summed E-state index contributed by atoms with van der Waals surface area (Å²) in [6.45, 7) is 0.326. The molecule has 2 amide bonds. The largest absolute Gasteiger partial charge is 0.355 e. The minimum Gasteiger partial charge on any atom is -0.355 e. The highest BCUT2D eigenvalue weighted by Crippen LogP contribution is 2.19. The number of carbonyl (C=O) groups is 2. The zero-order chi connectivity index (χ0) is 18.4. The molecular weight excluding hydrogens is 321 g/mol. The molecule has 0 aliphatic rings. The molecule has 1 atom stereocenters. The Balaban J connectivity index is 2.05. The van der Waals surface area contributed by atoms with Gasteiger partial charge in [0.25, 0.3) is 5.91 Å². The first kappa shape index (κ1) is 18.6. The molecule has 6 heteroatoms. The molecule has 2 rings (SSSR count). The van der Waals surface area contributed by atoms with Crippen molar-refractivity contribution in [2.75, 3.05) is 21.1 Å². The first-order valence-corrected chi connectivity index (χ1v) is 7.93. The van der Waals surface area contributed by atoms with Gasteiger partial charge >= 0.3 is 0 Å². The molecule has 25 heavy (non-hydrogen) atoms. The van der Waals surface area contributed by atoms with E-state index in [2.05, 4.69) is 10.6 Å². The minimum atomic E-state index is -0.583. The summed E-state index contributed by atoms with van der Waals surface area (Å²) in [5.74, 6) is -0.748. The fourth-order valence-electron chi connectivity index (χ4n) is 2.56. The maximum Gasteiger partial charge on any atom is 0.251 e. The maximum absolute atomic E-state index is 13.5. The lowest BCUT2D eigenvalue weighted by atomic mass is 10.0. The van der Waals surface area contributed by atoms with Gasteiger partial charge < -0.3 is 10.6 Å². The fourth-order valence-corrected chi connectivity index (χ4v) is 2.56. The molecule has 2 N–H and O–H groups in total. The zero-order valence-electron chi connectivity index (χ0n) is 14.5. The van der Waals surface area contributed by atoms with Gasteiger partial charge in [0, 0.05) is 19.2 Å². The van der Waals surface area contributed by atoms with Crippen LogP contribution in [-0.4, -0.2) is 37.9 Å². The molecule has 2 aromatic carbocycles. The van der Waals surface area contributed by atoms with Crippen molar-refractivity contribution in [1.82, 2.24) is 15.5 Å². The van der Waals surface area contributed by atoms with E-state index in [0.29, 0.717) is 17.7 Å².